The molecule has 0 bridgehead atoms. The van der Waals surface area contributed by atoms with E-state index in [1.807, 2.05) is 6.92 Å². The van der Waals surface area contributed by atoms with E-state index in [1.54, 1.807) is 6.92 Å². The van der Waals surface area contributed by atoms with Crippen LogP contribution < -0.4 is 10.1 Å². The SMILES string of the molecule is CCCNC(C)c1cc(F)ccc1OCC(=O)OCC. The molecule has 112 valence electrons. The normalized spacial score (nSPS) is 12.0. The average molecular weight is 283 g/mol. The topological polar surface area (TPSA) is 47.6 Å². The van der Waals surface area contributed by atoms with Crippen molar-refractivity contribution in [3.63, 3.8) is 0 Å². The third kappa shape index (κ3) is 5.17. The summed E-state index contributed by atoms with van der Waals surface area (Å²) in [5, 5.41) is 3.27. The largest absolute Gasteiger partial charge is 0.482 e. The van der Waals surface area contributed by atoms with Crippen LogP contribution in [0.5, 0.6) is 5.75 Å². The van der Waals surface area contributed by atoms with E-state index in [4.69, 9.17) is 9.47 Å². The lowest BCUT2D eigenvalue weighted by atomic mass is 10.1. The highest BCUT2D eigenvalue weighted by Crippen LogP contribution is 2.26. The van der Waals surface area contributed by atoms with Gasteiger partial charge in [-0.1, -0.05) is 6.92 Å². The Balaban J connectivity index is 2.76. The van der Waals surface area contributed by atoms with Gasteiger partial charge in [0.25, 0.3) is 0 Å². The van der Waals surface area contributed by atoms with Gasteiger partial charge < -0.3 is 14.8 Å². The first-order valence-corrected chi connectivity index (χ1v) is 6.89. The Kier molecular flexibility index (Phi) is 7.01. The minimum absolute atomic E-state index is 0.0529. The molecule has 1 rings (SSSR count). The molecule has 0 aliphatic rings. The van der Waals surface area contributed by atoms with Crippen LogP contribution in [-0.4, -0.2) is 25.7 Å². The molecule has 0 aromatic heterocycles. The second kappa shape index (κ2) is 8.53. The lowest BCUT2D eigenvalue weighted by molar-refractivity contribution is -0.145. The number of carbonyl (C=O) groups excluding carboxylic acids is 1. The van der Waals surface area contributed by atoms with Crippen LogP contribution in [0.1, 0.15) is 38.8 Å². The summed E-state index contributed by atoms with van der Waals surface area (Å²) in [6, 6.07) is 4.22. The average Bonchev–Trinajstić information content (AvgIpc) is 2.43. The fourth-order valence-electron chi connectivity index (χ4n) is 1.80. The molecule has 0 fully saturated rings. The molecule has 5 heteroatoms. The molecular formula is C15H22FNO3. The molecule has 4 nitrogen and oxygen atoms in total. The Morgan fingerprint density at radius 3 is 2.80 bits per heavy atom. The summed E-state index contributed by atoms with van der Waals surface area (Å²) in [7, 11) is 0. The summed E-state index contributed by atoms with van der Waals surface area (Å²) in [5.74, 6) is -0.263. The Bertz CT molecular complexity index is 437. The standard InChI is InChI=1S/C15H22FNO3/c1-4-8-17-11(3)13-9-12(16)6-7-14(13)20-10-15(18)19-5-2/h6-7,9,11,17H,4-5,8,10H2,1-3H3. The number of carbonyl (C=O) groups is 1. The maximum atomic E-state index is 13.4. The number of rotatable bonds is 8. The van der Waals surface area contributed by atoms with Gasteiger partial charge in [0.1, 0.15) is 11.6 Å². The fraction of sp³-hybridized carbons (Fsp3) is 0.533. The molecule has 0 heterocycles. The first kappa shape index (κ1) is 16.4. The Hall–Kier alpha value is -1.62. The third-order valence-electron chi connectivity index (χ3n) is 2.79. The number of hydrogen-bond donors (Lipinski definition) is 1. The summed E-state index contributed by atoms with van der Waals surface area (Å²) in [5.41, 5.74) is 0.697. The molecule has 0 amide bonds. The van der Waals surface area contributed by atoms with Crippen LogP contribution >= 0.6 is 0 Å². The second-order valence-electron chi connectivity index (χ2n) is 4.45. The minimum atomic E-state index is -0.433. The van der Waals surface area contributed by atoms with Crippen molar-refractivity contribution in [2.24, 2.45) is 0 Å². The van der Waals surface area contributed by atoms with Crippen LogP contribution in [0.4, 0.5) is 4.39 Å². The summed E-state index contributed by atoms with van der Waals surface area (Å²) in [4.78, 5) is 11.3. The van der Waals surface area contributed by atoms with E-state index in [9.17, 15) is 9.18 Å². The van der Waals surface area contributed by atoms with Crippen molar-refractivity contribution >= 4 is 5.97 Å². The van der Waals surface area contributed by atoms with Crippen LogP contribution in [-0.2, 0) is 9.53 Å². The van der Waals surface area contributed by atoms with E-state index >= 15 is 0 Å². The highest BCUT2D eigenvalue weighted by Gasteiger charge is 2.14. The van der Waals surface area contributed by atoms with Crippen molar-refractivity contribution < 1.29 is 18.7 Å². The molecule has 1 atom stereocenters. The predicted octanol–water partition coefficient (Wildman–Crippen LogP) is 2.83. The smallest absolute Gasteiger partial charge is 0.344 e. The number of nitrogens with one attached hydrogen (secondary N) is 1. The summed E-state index contributed by atoms with van der Waals surface area (Å²) < 4.78 is 23.6. The van der Waals surface area contributed by atoms with E-state index in [2.05, 4.69) is 12.2 Å². The second-order valence-corrected chi connectivity index (χ2v) is 4.45. The summed E-state index contributed by atoms with van der Waals surface area (Å²) >= 11 is 0. The Morgan fingerprint density at radius 2 is 2.15 bits per heavy atom. The zero-order valence-corrected chi connectivity index (χ0v) is 12.2. The van der Waals surface area contributed by atoms with Crippen molar-refractivity contribution in [3.05, 3.63) is 29.6 Å². The maximum Gasteiger partial charge on any atom is 0.344 e. The van der Waals surface area contributed by atoms with E-state index < -0.39 is 5.97 Å². The van der Waals surface area contributed by atoms with Gasteiger partial charge in [-0.05, 0) is 45.0 Å². The van der Waals surface area contributed by atoms with Crippen molar-refractivity contribution in [2.75, 3.05) is 19.8 Å². The molecule has 0 saturated heterocycles. The minimum Gasteiger partial charge on any atom is -0.482 e. The number of halogens is 1. The lowest BCUT2D eigenvalue weighted by Crippen LogP contribution is -2.21. The van der Waals surface area contributed by atoms with Gasteiger partial charge in [0.15, 0.2) is 6.61 Å². The highest BCUT2D eigenvalue weighted by molar-refractivity contribution is 5.71. The molecular weight excluding hydrogens is 261 g/mol. The van der Waals surface area contributed by atoms with Crippen LogP contribution in [0.2, 0.25) is 0 Å². The Labute approximate surface area is 119 Å². The van der Waals surface area contributed by atoms with E-state index in [-0.39, 0.29) is 18.5 Å². The Morgan fingerprint density at radius 1 is 1.40 bits per heavy atom. The van der Waals surface area contributed by atoms with E-state index in [0.717, 1.165) is 13.0 Å². The molecule has 1 N–H and O–H groups in total. The molecule has 0 aliphatic heterocycles. The zero-order chi connectivity index (χ0) is 15.0. The molecule has 20 heavy (non-hydrogen) atoms. The molecule has 0 spiro atoms. The summed E-state index contributed by atoms with van der Waals surface area (Å²) in [6.45, 7) is 6.69. The quantitative estimate of drug-likeness (QED) is 0.745. The first-order valence-electron chi connectivity index (χ1n) is 6.89. The van der Waals surface area contributed by atoms with Gasteiger partial charge in [0.05, 0.1) is 6.61 Å². The van der Waals surface area contributed by atoms with E-state index in [0.29, 0.717) is 17.9 Å². The number of ether oxygens (including phenoxy) is 2. The summed E-state index contributed by atoms with van der Waals surface area (Å²) in [6.07, 6.45) is 0.985. The third-order valence-corrected chi connectivity index (χ3v) is 2.79. The van der Waals surface area contributed by atoms with Crippen molar-refractivity contribution in [1.82, 2.24) is 5.32 Å². The van der Waals surface area contributed by atoms with Gasteiger partial charge in [-0.15, -0.1) is 0 Å². The first-order chi connectivity index (χ1) is 9.58. The molecule has 1 unspecified atom stereocenters. The van der Waals surface area contributed by atoms with Gasteiger partial charge in [-0.25, -0.2) is 9.18 Å². The number of esters is 1. The molecule has 0 aliphatic carbocycles. The molecule has 1 aromatic carbocycles. The number of hydrogen-bond acceptors (Lipinski definition) is 4. The number of benzene rings is 1. The van der Waals surface area contributed by atoms with Gasteiger partial charge in [-0.2, -0.15) is 0 Å². The van der Waals surface area contributed by atoms with Crippen molar-refractivity contribution in [3.8, 4) is 5.75 Å². The van der Waals surface area contributed by atoms with Crippen LogP contribution in [0, 0.1) is 5.82 Å². The van der Waals surface area contributed by atoms with E-state index in [1.165, 1.54) is 18.2 Å². The van der Waals surface area contributed by atoms with Crippen molar-refractivity contribution in [2.45, 2.75) is 33.2 Å². The monoisotopic (exact) mass is 283 g/mol. The van der Waals surface area contributed by atoms with Crippen LogP contribution in [0.15, 0.2) is 18.2 Å². The predicted molar refractivity (Wildman–Crippen MR) is 75.2 cm³/mol. The molecule has 1 aromatic rings. The van der Waals surface area contributed by atoms with Crippen molar-refractivity contribution in [1.29, 1.82) is 0 Å². The van der Waals surface area contributed by atoms with Gasteiger partial charge in [0.2, 0.25) is 0 Å². The molecule has 0 radical (unpaired) electrons. The van der Waals surface area contributed by atoms with Gasteiger partial charge >= 0.3 is 5.97 Å². The maximum absolute atomic E-state index is 13.4. The van der Waals surface area contributed by atoms with Crippen LogP contribution in [0.25, 0.3) is 0 Å². The lowest BCUT2D eigenvalue weighted by Gasteiger charge is -2.18. The zero-order valence-electron chi connectivity index (χ0n) is 12.2. The van der Waals surface area contributed by atoms with Crippen LogP contribution in [0.3, 0.4) is 0 Å². The fourth-order valence-corrected chi connectivity index (χ4v) is 1.80. The van der Waals surface area contributed by atoms with Gasteiger partial charge in [-0.3, -0.25) is 0 Å². The molecule has 0 saturated carbocycles. The highest BCUT2D eigenvalue weighted by atomic mass is 19.1. The van der Waals surface area contributed by atoms with Gasteiger partial charge in [0, 0.05) is 11.6 Å².